The average molecular weight is 266 g/mol. The van der Waals surface area contributed by atoms with E-state index in [4.69, 9.17) is 9.84 Å². The molecular weight excluding hydrogens is 248 g/mol. The molecule has 0 saturated carbocycles. The Morgan fingerprint density at radius 2 is 2.11 bits per heavy atom. The molecule has 0 bridgehead atoms. The standard InChI is InChI=1S/C13H18N2O4/c1-8(7-19-4)15(3)12(16)11-6-5-10(13(17)18)9(2)14-11/h5-6,8H,7H2,1-4H3,(H,17,18). The Bertz CT molecular complexity index is 488. The lowest BCUT2D eigenvalue weighted by atomic mass is 10.1. The maximum Gasteiger partial charge on any atom is 0.337 e. The number of carbonyl (C=O) groups is 2. The number of amides is 1. The SMILES string of the molecule is COCC(C)N(C)C(=O)c1ccc(C(=O)O)c(C)n1. The number of aryl methyl sites for hydroxylation is 1. The van der Waals surface area contributed by atoms with Crippen molar-refractivity contribution in [2.75, 3.05) is 20.8 Å². The number of hydrogen-bond acceptors (Lipinski definition) is 4. The summed E-state index contributed by atoms with van der Waals surface area (Å²) in [6.07, 6.45) is 0. The first-order chi connectivity index (χ1) is 8.88. The highest BCUT2D eigenvalue weighted by atomic mass is 16.5. The van der Waals surface area contributed by atoms with Crippen LogP contribution in [0.1, 0.15) is 33.5 Å². The van der Waals surface area contributed by atoms with E-state index in [0.717, 1.165) is 0 Å². The monoisotopic (exact) mass is 266 g/mol. The Labute approximate surface area is 112 Å². The molecule has 104 valence electrons. The molecule has 6 heteroatoms. The molecule has 1 aromatic heterocycles. The highest BCUT2D eigenvalue weighted by molar-refractivity contribution is 5.94. The number of nitrogens with zero attached hydrogens (tertiary/aromatic N) is 2. The van der Waals surface area contributed by atoms with E-state index in [1.165, 1.54) is 17.0 Å². The molecule has 1 unspecified atom stereocenters. The molecule has 0 radical (unpaired) electrons. The Kier molecular flexibility index (Phi) is 5.00. The largest absolute Gasteiger partial charge is 0.478 e. The third-order valence-corrected chi connectivity index (χ3v) is 2.92. The molecular formula is C13H18N2O4. The first-order valence-electron chi connectivity index (χ1n) is 5.85. The van der Waals surface area contributed by atoms with Crippen LogP contribution in [0.2, 0.25) is 0 Å². The molecule has 1 heterocycles. The molecule has 0 aliphatic rings. The molecule has 0 fully saturated rings. The lowest BCUT2D eigenvalue weighted by Gasteiger charge is -2.24. The number of carboxylic acids is 1. The Hall–Kier alpha value is -1.95. The fourth-order valence-electron chi connectivity index (χ4n) is 1.64. The van der Waals surface area contributed by atoms with Crippen molar-refractivity contribution in [1.82, 2.24) is 9.88 Å². The van der Waals surface area contributed by atoms with Gasteiger partial charge in [0.05, 0.1) is 23.9 Å². The number of aromatic nitrogens is 1. The molecule has 19 heavy (non-hydrogen) atoms. The van der Waals surface area contributed by atoms with Gasteiger partial charge in [0.1, 0.15) is 5.69 Å². The number of hydrogen-bond donors (Lipinski definition) is 1. The van der Waals surface area contributed by atoms with Crippen molar-refractivity contribution in [3.63, 3.8) is 0 Å². The number of methoxy groups -OCH3 is 1. The second-order valence-electron chi connectivity index (χ2n) is 4.36. The van der Waals surface area contributed by atoms with Gasteiger partial charge in [-0.2, -0.15) is 0 Å². The van der Waals surface area contributed by atoms with Crippen LogP contribution in [0, 0.1) is 6.92 Å². The molecule has 0 saturated heterocycles. The van der Waals surface area contributed by atoms with Crippen LogP contribution >= 0.6 is 0 Å². The fourth-order valence-corrected chi connectivity index (χ4v) is 1.64. The van der Waals surface area contributed by atoms with Crippen molar-refractivity contribution >= 4 is 11.9 Å². The van der Waals surface area contributed by atoms with Crippen molar-refractivity contribution in [2.24, 2.45) is 0 Å². The van der Waals surface area contributed by atoms with E-state index in [1.54, 1.807) is 21.1 Å². The molecule has 1 rings (SSSR count). The number of pyridine rings is 1. The van der Waals surface area contributed by atoms with Gasteiger partial charge in [0.25, 0.3) is 5.91 Å². The second kappa shape index (κ2) is 6.29. The van der Waals surface area contributed by atoms with Crippen LogP contribution in [0.3, 0.4) is 0 Å². The van der Waals surface area contributed by atoms with Crippen LogP contribution in [-0.4, -0.2) is 53.7 Å². The lowest BCUT2D eigenvalue weighted by molar-refractivity contribution is 0.0625. The first kappa shape index (κ1) is 15.1. The Morgan fingerprint density at radius 3 is 2.58 bits per heavy atom. The lowest BCUT2D eigenvalue weighted by Crippen LogP contribution is -2.38. The summed E-state index contributed by atoms with van der Waals surface area (Å²) in [5, 5.41) is 8.91. The minimum atomic E-state index is -1.05. The van der Waals surface area contributed by atoms with E-state index in [0.29, 0.717) is 12.3 Å². The molecule has 1 N–H and O–H groups in total. The maximum absolute atomic E-state index is 12.2. The zero-order chi connectivity index (χ0) is 14.6. The zero-order valence-electron chi connectivity index (χ0n) is 11.5. The van der Waals surface area contributed by atoms with Crippen molar-refractivity contribution in [3.8, 4) is 0 Å². The highest BCUT2D eigenvalue weighted by Gasteiger charge is 2.20. The van der Waals surface area contributed by atoms with E-state index in [2.05, 4.69) is 4.98 Å². The van der Waals surface area contributed by atoms with Crippen molar-refractivity contribution in [1.29, 1.82) is 0 Å². The number of likely N-dealkylation sites (N-methyl/N-ethyl adjacent to an activating group) is 1. The van der Waals surface area contributed by atoms with E-state index < -0.39 is 5.97 Å². The second-order valence-corrected chi connectivity index (χ2v) is 4.36. The van der Waals surface area contributed by atoms with Crippen LogP contribution in [-0.2, 0) is 4.74 Å². The minimum absolute atomic E-state index is 0.0845. The topological polar surface area (TPSA) is 79.7 Å². The van der Waals surface area contributed by atoms with E-state index >= 15 is 0 Å². The van der Waals surface area contributed by atoms with Gasteiger partial charge < -0.3 is 14.7 Å². The number of carbonyl (C=O) groups excluding carboxylic acids is 1. The Balaban J connectivity index is 2.95. The number of ether oxygens (including phenoxy) is 1. The quantitative estimate of drug-likeness (QED) is 0.866. The number of aromatic carboxylic acids is 1. The summed E-state index contributed by atoms with van der Waals surface area (Å²) in [5.41, 5.74) is 0.656. The van der Waals surface area contributed by atoms with E-state index in [9.17, 15) is 9.59 Å². The number of rotatable bonds is 5. The maximum atomic E-state index is 12.2. The molecule has 1 amide bonds. The summed E-state index contributed by atoms with van der Waals surface area (Å²) in [6, 6.07) is 2.74. The van der Waals surface area contributed by atoms with Gasteiger partial charge in [0, 0.05) is 14.2 Å². The van der Waals surface area contributed by atoms with Gasteiger partial charge in [0.2, 0.25) is 0 Å². The van der Waals surface area contributed by atoms with Gasteiger partial charge in [-0.05, 0) is 26.0 Å². The van der Waals surface area contributed by atoms with Crippen molar-refractivity contribution in [2.45, 2.75) is 19.9 Å². The van der Waals surface area contributed by atoms with Crippen LogP contribution in [0.5, 0.6) is 0 Å². The van der Waals surface area contributed by atoms with Crippen molar-refractivity contribution in [3.05, 3.63) is 29.1 Å². The summed E-state index contributed by atoms with van der Waals surface area (Å²) in [5.74, 6) is -1.31. The molecule has 1 atom stereocenters. The summed E-state index contributed by atoms with van der Waals surface area (Å²) < 4.78 is 4.99. The summed E-state index contributed by atoms with van der Waals surface area (Å²) in [6.45, 7) is 3.85. The van der Waals surface area contributed by atoms with Gasteiger partial charge in [-0.3, -0.25) is 4.79 Å². The average Bonchev–Trinajstić information content (AvgIpc) is 2.36. The van der Waals surface area contributed by atoms with Gasteiger partial charge in [0.15, 0.2) is 0 Å². The molecule has 6 nitrogen and oxygen atoms in total. The van der Waals surface area contributed by atoms with Crippen LogP contribution in [0.15, 0.2) is 12.1 Å². The normalized spacial score (nSPS) is 12.0. The highest BCUT2D eigenvalue weighted by Crippen LogP contribution is 2.10. The molecule has 0 aromatic carbocycles. The third kappa shape index (κ3) is 3.51. The smallest absolute Gasteiger partial charge is 0.337 e. The summed E-state index contributed by atoms with van der Waals surface area (Å²) in [7, 11) is 3.23. The Morgan fingerprint density at radius 1 is 1.47 bits per heavy atom. The van der Waals surface area contributed by atoms with Gasteiger partial charge >= 0.3 is 5.97 Å². The summed E-state index contributed by atoms with van der Waals surface area (Å²) in [4.78, 5) is 28.6. The molecule has 1 aromatic rings. The first-order valence-corrected chi connectivity index (χ1v) is 5.85. The predicted molar refractivity (Wildman–Crippen MR) is 69.4 cm³/mol. The predicted octanol–water partition coefficient (Wildman–Crippen LogP) is 1.20. The molecule has 0 spiro atoms. The number of carboxylic acid groups (broad SMARTS) is 1. The van der Waals surface area contributed by atoms with Crippen LogP contribution in [0.4, 0.5) is 0 Å². The van der Waals surface area contributed by atoms with Crippen LogP contribution < -0.4 is 0 Å². The molecule has 0 aliphatic heterocycles. The van der Waals surface area contributed by atoms with E-state index in [-0.39, 0.29) is 23.2 Å². The fraction of sp³-hybridized carbons (Fsp3) is 0.462. The van der Waals surface area contributed by atoms with Gasteiger partial charge in [-0.15, -0.1) is 0 Å². The van der Waals surface area contributed by atoms with E-state index in [1.807, 2.05) is 6.92 Å². The zero-order valence-corrected chi connectivity index (χ0v) is 11.5. The van der Waals surface area contributed by atoms with Crippen molar-refractivity contribution < 1.29 is 19.4 Å². The third-order valence-electron chi connectivity index (χ3n) is 2.92. The van der Waals surface area contributed by atoms with Crippen LogP contribution in [0.25, 0.3) is 0 Å². The van der Waals surface area contributed by atoms with Gasteiger partial charge in [-0.25, -0.2) is 9.78 Å². The minimum Gasteiger partial charge on any atom is -0.478 e. The molecule has 0 aliphatic carbocycles. The van der Waals surface area contributed by atoms with Gasteiger partial charge in [-0.1, -0.05) is 0 Å². The summed E-state index contributed by atoms with van der Waals surface area (Å²) >= 11 is 0.